The Labute approximate surface area is 153 Å². The van der Waals surface area contributed by atoms with Crippen molar-refractivity contribution < 1.29 is 14.1 Å². The summed E-state index contributed by atoms with van der Waals surface area (Å²) in [7, 11) is 0. The van der Waals surface area contributed by atoms with Crippen LogP contribution in [0.25, 0.3) is 11.5 Å². The number of Topliss-reactive ketones (excluding diaryl/α,β-unsaturated/α-hetero) is 1. The van der Waals surface area contributed by atoms with Gasteiger partial charge in [-0.1, -0.05) is 47.7 Å². The number of carbonyl (C=O) groups is 1. The molecule has 1 atom stereocenters. The normalized spacial score (nSPS) is 11.9. The van der Waals surface area contributed by atoms with Crippen LogP contribution >= 0.6 is 11.8 Å². The van der Waals surface area contributed by atoms with E-state index in [2.05, 4.69) is 10.2 Å². The Bertz CT molecular complexity index is 953. The SMILES string of the molecule is Cc1ccc(C(=O)[C@H](C)Sc2nnc(-c3cccc([N+](=O)[O-])c3)o2)cc1. The third-order valence-electron chi connectivity index (χ3n) is 3.69. The maximum atomic E-state index is 12.5. The molecule has 0 unspecified atom stereocenters. The summed E-state index contributed by atoms with van der Waals surface area (Å²) in [6, 6.07) is 13.3. The first kappa shape index (κ1) is 17.8. The third-order valence-corrected chi connectivity index (χ3v) is 4.63. The maximum absolute atomic E-state index is 12.5. The van der Waals surface area contributed by atoms with Crippen molar-refractivity contribution in [2.24, 2.45) is 0 Å². The van der Waals surface area contributed by atoms with Gasteiger partial charge in [-0.2, -0.15) is 0 Å². The van der Waals surface area contributed by atoms with E-state index in [1.54, 1.807) is 31.2 Å². The highest BCUT2D eigenvalue weighted by molar-refractivity contribution is 8.00. The number of rotatable bonds is 6. The van der Waals surface area contributed by atoms with Crippen LogP contribution in [0.2, 0.25) is 0 Å². The molecule has 132 valence electrons. The molecule has 2 aromatic carbocycles. The van der Waals surface area contributed by atoms with Gasteiger partial charge in [0, 0.05) is 23.3 Å². The van der Waals surface area contributed by atoms with Crippen molar-refractivity contribution in [3.8, 4) is 11.5 Å². The predicted octanol–water partition coefficient (Wildman–Crippen LogP) is 4.32. The lowest BCUT2D eigenvalue weighted by Crippen LogP contribution is -2.13. The maximum Gasteiger partial charge on any atom is 0.277 e. The number of nitrogens with zero attached hydrogens (tertiary/aromatic N) is 3. The van der Waals surface area contributed by atoms with Gasteiger partial charge in [-0.05, 0) is 19.9 Å². The fraction of sp³-hybridized carbons (Fsp3) is 0.167. The summed E-state index contributed by atoms with van der Waals surface area (Å²) >= 11 is 1.15. The van der Waals surface area contributed by atoms with E-state index >= 15 is 0 Å². The quantitative estimate of drug-likeness (QED) is 0.276. The molecule has 0 amide bonds. The van der Waals surface area contributed by atoms with Crippen LogP contribution in [0, 0.1) is 17.0 Å². The summed E-state index contributed by atoms with van der Waals surface area (Å²) in [4.78, 5) is 22.8. The van der Waals surface area contributed by atoms with E-state index in [-0.39, 0.29) is 22.6 Å². The van der Waals surface area contributed by atoms with Gasteiger partial charge in [0.1, 0.15) is 0 Å². The molecule has 1 heterocycles. The average Bonchev–Trinajstić information content (AvgIpc) is 3.10. The van der Waals surface area contributed by atoms with Gasteiger partial charge in [-0.15, -0.1) is 10.2 Å². The van der Waals surface area contributed by atoms with Gasteiger partial charge in [0.15, 0.2) is 5.78 Å². The smallest absolute Gasteiger partial charge is 0.277 e. The Morgan fingerprint density at radius 2 is 1.92 bits per heavy atom. The molecular formula is C18H15N3O4S. The molecule has 3 aromatic rings. The molecule has 0 N–H and O–H groups in total. The molecule has 3 rings (SSSR count). The molecule has 1 aromatic heterocycles. The molecule has 0 aliphatic heterocycles. The molecule has 0 fully saturated rings. The molecule has 0 saturated heterocycles. The van der Waals surface area contributed by atoms with Crippen molar-refractivity contribution >= 4 is 23.2 Å². The molecule has 0 radical (unpaired) electrons. The molecule has 0 aliphatic carbocycles. The molecule has 8 heteroatoms. The number of hydrogen-bond acceptors (Lipinski definition) is 7. The first-order valence-electron chi connectivity index (χ1n) is 7.80. The van der Waals surface area contributed by atoms with Crippen LogP contribution in [0.4, 0.5) is 5.69 Å². The lowest BCUT2D eigenvalue weighted by Gasteiger charge is -2.07. The van der Waals surface area contributed by atoms with Crippen molar-refractivity contribution in [1.29, 1.82) is 0 Å². The van der Waals surface area contributed by atoms with Crippen LogP contribution in [0.15, 0.2) is 58.2 Å². The van der Waals surface area contributed by atoms with Crippen LogP contribution in [0.1, 0.15) is 22.8 Å². The van der Waals surface area contributed by atoms with Gasteiger partial charge >= 0.3 is 0 Å². The van der Waals surface area contributed by atoms with Gasteiger partial charge in [-0.25, -0.2) is 0 Å². The van der Waals surface area contributed by atoms with Crippen molar-refractivity contribution in [2.75, 3.05) is 0 Å². The Hall–Kier alpha value is -3.00. The van der Waals surface area contributed by atoms with E-state index in [0.717, 1.165) is 17.3 Å². The Morgan fingerprint density at radius 3 is 2.62 bits per heavy atom. The summed E-state index contributed by atoms with van der Waals surface area (Å²) < 4.78 is 5.55. The average molecular weight is 369 g/mol. The number of benzene rings is 2. The highest BCUT2D eigenvalue weighted by Crippen LogP contribution is 2.29. The highest BCUT2D eigenvalue weighted by atomic mass is 32.2. The largest absolute Gasteiger partial charge is 0.411 e. The van der Waals surface area contributed by atoms with Crippen LogP contribution in [0.5, 0.6) is 0 Å². The number of nitro groups is 1. The predicted molar refractivity (Wildman–Crippen MR) is 97.2 cm³/mol. The van der Waals surface area contributed by atoms with E-state index in [9.17, 15) is 14.9 Å². The molecule has 0 spiro atoms. The zero-order chi connectivity index (χ0) is 18.7. The Balaban J connectivity index is 1.73. The van der Waals surface area contributed by atoms with Crippen molar-refractivity contribution in [1.82, 2.24) is 10.2 Å². The summed E-state index contributed by atoms with van der Waals surface area (Å²) in [5.41, 5.74) is 2.10. The molecule has 26 heavy (non-hydrogen) atoms. The third kappa shape index (κ3) is 3.97. The number of hydrogen-bond donors (Lipinski definition) is 0. The summed E-state index contributed by atoms with van der Waals surface area (Å²) in [5, 5.41) is 18.5. The van der Waals surface area contributed by atoms with Gasteiger partial charge in [0.25, 0.3) is 10.9 Å². The van der Waals surface area contributed by atoms with Gasteiger partial charge in [-0.3, -0.25) is 14.9 Å². The van der Waals surface area contributed by atoms with Crippen LogP contribution in [0.3, 0.4) is 0 Å². The van der Waals surface area contributed by atoms with E-state index in [1.165, 1.54) is 12.1 Å². The monoisotopic (exact) mass is 369 g/mol. The molecule has 0 saturated carbocycles. The molecule has 0 aliphatic rings. The topological polar surface area (TPSA) is 99.1 Å². The van der Waals surface area contributed by atoms with E-state index in [0.29, 0.717) is 11.1 Å². The molecule has 0 bridgehead atoms. The van der Waals surface area contributed by atoms with Crippen molar-refractivity contribution in [3.63, 3.8) is 0 Å². The highest BCUT2D eigenvalue weighted by Gasteiger charge is 2.20. The fourth-order valence-corrected chi connectivity index (χ4v) is 3.04. The van der Waals surface area contributed by atoms with Crippen LogP contribution in [-0.2, 0) is 0 Å². The van der Waals surface area contributed by atoms with Crippen molar-refractivity contribution in [2.45, 2.75) is 24.3 Å². The second kappa shape index (κ2) is 7.49. The zero-order valence-electron chi connectivity index (χ0n) is 14.1. The standard InChI is InChI=1S/C18H15N3O4S/c1-11-6-8-13(9-7-11)16(22)12(2)26-18-20-19-17(25-18)14-4-3-5-15(10-14)21(23)24/h3-10,12H,1-2H3/t12-/m0/s1. The fourth-order valence-electron chi connectivity index (χ4n) is 2.28. The second-order valence-corrected chi connectivity index (χ2v) is 6.96. The van der Waals surface area contributed by atoms with Crippen molar-refractivity contribution in [3.05, 3.63) is 69.8 Å². The minimum atomic E-state index is -0.488. The molecule has 7 nitrogen and oxygen atoms in total. The number of thioether (sulfide) groups is 1. The van der Waals surface area contributed by atoms with Crippen LogP contribution in [-0.4, -0.2) is 26.2 Å². The summed E-state index contributed by atoms with van der Waals surface area (Å²) in [6.45, 7) is 3.73. The Morgan fingerprint density at radius 1 is 1.19 bits per heavy atom. The minimum absolute atomic E-state index is 0.0369. The second-order valence-electron chi connectivity index (χ2n) is 5.67. The van der Waals surface area contributed by atoms with E-state index in [1.807, 2.05) is 19.1 Å². The van der Waals surface area contributed by atoms with E-state index < -0.39 is 10.2 Å². The number of aryl methyl sites for hydroxylation is 1. The molecular weight excluding hydrogens is 354 g/mol. The van der Waals surface area contributed by atoms with Crippen LogP contribution < -0.4 is 0 Å². The lowest BCUT2D eigenvalue weighted by molar-refractivity contribution is -0.384. The van der Waals surface area contributed by atoms with Gasteiger partial charge in [0.05, 0.1) is 10.2 Å². The minimum Gasteiger partial charge on any atom is -0.411 e. The number of nitro benzene ring substituents is 1. The first-order valence-corrected chi connectivity index (χ1v) is 8.68. The number of carbonyl (C=O) groups excluding carboxylic acids is 1. The summed E-state index contributed by atoms with van der Waals surface area (Å²) in [5.74, 6) is 0.135. The number of non-ortho nitro benzene ring substituents is 1. The first-order chi connectivity index (χ1) is 12.4. The Kier molecular flexibility index (Phi) is 5.13. The lowest BCUT2D eigenvalue weighted by atomic mass is 10.1. The van der Waals surface area contributed by atoms with Gasteiger partial charge < -0.3 is 4.42 Å². The van der Waals surface area contributed by atoms with E-state index in [4.69, 9.17) is 4.42 Å². The summed E-state index contributed by atoms with van der Waals surface area (Å²) in [6.07, 6.45) is 0. The zero-order valence-corrected chi connectivity index (χ0v) is 14.9. The van der Waals surface area contributed by atoms with Gasteiger partial charge in [0.2, 0.25) is 5.89 Å². The number of aromatic nitrogens is 2. The number of ketones is 1.